The average molecular weight is 227 g/mol. The number of amides is 2. The fourth-order valence-electron chi connectivity index (χ4n) is 2.12. The highest BCUT2D eigenvalue weighted by atomic mass is 16.2. The number of hydrogen-bond donors (Lipinski definition) is 3. The van der Waals surface area contributed by atoms with Crippen LogP contribution in [0.1, 0.15) is 34.1 Å². The summed E-state index contributed by atoms with van der Waals surface area (Å²) in [4.78, 5) is 22.3. The zero-order chi connectivity index (χ0) is 12.7. The second-order valence-corrected chi connectivity index (χ2v) is 5.66. The van der Waals surface area contributed by atoms with Gasteiger partial charge in [0.1, 0.15) is 0 Å². The van der Waals surface area contributed by atoms with Crippen LogP contribution in [-0.4, -0.2) is 23.9 Å². The summed E-state index contributed by atoms with van der Waals surface area (Å²) >= 11 is 0. The van der Waals surface area contributed by atoms with Crippen LogP contribution in [0.5, 0.6) is 0 Å². The van der Waals surface area contributed by atoms with Crippen LogP contribution in [0.15, 0.2) is 0 Å². The van der Waals surface area contributed by atoms with Gasteiger partial charge < -0.3 is 16.8 Å². The molecule has 5 heteroatoms. The molecule has 5 nitrogen and oxygen atoms in total. The van der Waals surface area contributed by atoms with E-state index >= 15 is 0 Å². The van der Waals surface area contributed by atoms with Crippen molar-refractivity contribution in [2.24, 2.45) is 22.3 Å². The van der Waals surface area contributed by atoms with Crippen molar-refractivity contribution >= 4 is 11.8 Å². The normalized spacial score (nSPS) is 23.6. The molecule has 0 bridgehead atoms. The summed E-state index contributed by atoms with van der Waals surface area (Å²) in [6.45, 7) is 8.38. The van der Waals surface area contributed by atoms with Gasteiger partial charge in [0.25, 0.3) is 0 Å². The van der Waals surface area contributed by atoms with Gasteiger partial charge in [-0.3, -0.25) is 9.59 Å². The molecule has 1 unspecified atom stereocenters. The second-order valence-electron chi connectivity index (χ2n) is 5.66. The smallest absolute Gasteiger partial charge is 0.237 e. The van der Waals surface area contributed by atoms with Crippen LogP contribution >= 0.6 is 0 Å². The second kappa shape index (κ2) is 3.73. The van der Waals surface area contributed by atoms with Crippen molar-refractivity contribution in [2.45, 2.75) is 46.2 Å². The molecule has 0 saturated heterocycles. The summed E-state index contributed by atoms with van der Waals surface area (Å²) in [6.07, 6.45) is -0.112. The Labute approximate surface area is 95.9 Å². The molecule has 0 aliphatic heterocycles. The van der Waals surface area contributed by atoms with E-state index in [0.29, 0.717) is 0 Å². The number of carbonyl (C=O) groups is 2. The molecule has 0 heterocycles. The monoisotopic (exact) mass is 227 g/mol. The fraction of sp³-hybridized carbons (Fsp3) is 0.818. The summed E-state index contributed by atoms with van der Waals surface area (Å²) in [7, 11) is 0. The van der Waals surface area contributed by atoms with Gasteiger partial charge in [-0.25, -0.2) is 0 Å². The minimum atomic E-state index is -0.843. The van der Waals surface area contributed by atoms with Gasteiger partial charge in [-0.2, -0.15) is 0 Å². The van der Waals surface area contributed by atoms with E-state index in [9.17, 15) is 9.59 Å². The predicted octanol–water partition coefficient (Wildman–Crippen LogP) is -0.260. The molecule has 2 amide bonds. The van der Waals surface area contributed by atoms with Crippen LogP contribution in [0.25, 0.3) is 0 Å². The van der Waals surface area contributed by atoms with Crippen LogP contribution in [-0.2, 0) is 9.59 Å². The third-order valence-electron chi connectivity index (χ3n) is 4.07. The van der Waals surface area contributed by atoms with E-state index in [4.69, 9.17) is 11.5 Å². The summed E-state index contributed by atoms with van der Waals surface area (Å²) in [6, 6.07) is -0.740. The Hall–Kier alpha value is -1.10. The van der Waals surface area contributed by atoms with Crippen LogP contribution < -0.4 is 16.8 Å². The lowest BCUT2D eigenvalue weighted by atomic mass is 10.0. The first kappa shape index (κ1) is 13.0. The molecule has 1 aliphatic carbocycles. The number of primary amides is 1. The third-order valence-corrected chi connectivity index (χ3v) is 4.07. The number of rotatable bonds is 4. The standard InChI is InChI=1S/C11H21N3O2/c1-10(2)9(11(10,3)4)14-8(16)6(12)5-7(13)15/h6,9H,5,12H2,1-4H3,(H2,13,15)(H,14,16). The molecule has 0 spiro atoms. The Balaban J connectivity index is 2.52. The summed E-state index contributed by atoms with van der Waals surface area (Å²) in [5.41, 5.74) is 10.7. The lowest BCUT2D eigenvalue weighted by Crippen LogP contribution is -2.45. The molecular formula is C11H21N3O2. The summed E-state index contributed by atoms with van der Waals surface area (Å²) in [5, 5.41) is 2.87. The van der Waals surface area contributed by atoms with Crippen molar-refractivity contribution in [2.75, 3.05) is 0 Å². The predicted molar refractivity (Wildman–Crippen MR) is 61.3 cm³/mol. The van der Waals surface area contributed by atoms with Crippen LogP contribution in [0.2, 0.25) is 0 Å². The number of nitrogens with one attached hydrogen (secondary N) is 1. The molecule has 1 aliphatic rings. The van der Waals surface area contributed by atoms with E-state index in [1.54, 1.807) is 0 Å². The van der Waals surface area contributed by atoms with Crippen molar-refractivity contribution in [3.8, 4) is 0 Å². The van der Waals surface area contributed by atoms with Crippen molar-refractivity contribution in [1.29, 1.82) is 0 Å². The average Bonchev–Trinajstić information content (AvgIpc) is 2.46. The Morgan fingerprint density at radius 1 is 1.25 bits per heavy atom. The molecule has 1 saturated carbocycles. The van der Waals surface area contributed by atoms with Gasteiger partial charge in [0.15, 0.2) is 0 Å². The third kappa shape index (κ3) is 2.04. The molecule has 0 aromatic carbocycles. The van der Waals surface area contributed by atoms with E-state index < -0.39 is 11.9 Å². The quantitative estimate of drug-likeness (QED) is 0.617. The molecular weight excluding hydrogens is 206 g/mol. The van der Waals surface area contributed by atoms with E-state index in [2.05, 4.69) is 33.0 Å². The molecule has 92 valence electrons. The van der Waals surface area contributed by atoms with E-state index in [1.807, 2.05) is 0 Å². The van der Waals surface area contributed by atoms with Gasteiger partial charge in [0.05, 0.1) is 12.5 Å². The number of nitrogens with two attached hydrogens (primary N) is 2. The molecule has 1 rings (SSSR count). The maximum atomic E-state index is 11.7. The first-order valence-corrected chi connectivity index (χ1v) is 5.45. The van der Waals surface area contributed by atoms with Gasteiger partial charge in [0.2, 0.25) is 11.8 Å². The molecule has 1 atom stereocenters. The lowest BCUT2D eigenvalue weighted by Gasteiger charge is -2.11. The molecule has 0 aromatic heterocycles. The van der Waals surface area contributed by atoms with Gasteiger partial charge in [-0.15, -0.1) is 0 Å². The maximum absolute atomic E-state index is 11.7. The molecule has 16 heavy (non-hydrogen) atoms. The van der Waals surface area contributed by atoms with E-state index in [-0.39, 0.29) is 29.2 Å². The Morgan fingerprint density at radius 3 is 2.00 bits per heavy atom. The highest BCUT2D eigenvalue weighted by molar-refractivity contribution is 5.88. The maximum Gasteiger partial charge on any atom is 0.237 e. The first-order valence-electron chi connectivity index (χ1n) is 5.45. The zero-order valence-corrected chi connectivity index (χ0v) is 10.3. The van der Waals surface area contributed by atoms with Gasteiger partial charge in [-0.1, -0.05) is 27.7 Å². The lowest BCUT2D eigenvalue weighted by molar-refractivity contribution is -0.126. The SMILES string of the molecule is CC1(C)C(NC(=O)C(N)CC(N)=O)C1(C)C. The molecule has 5 N–H and O–H groups in total. The summed E-state index contributed by atoms with van der Waals surface area (Å²) in [5.74, 6) is -0.862. The van der Waals surface area contributed by atoms with Crippen molar-refractivity contribution < 1.29 is 9.59 Å². The van der Waals surface area contributed by atoms with E-state index in [1.165, 1.54) is 0 Å². The largest absolute Gasteiger partial charge is 0.370 e. The Kier molecular flexibility index (Phi) is 3.02. The van der Waals surface area contributed by atoms with Gasteiger partial charge >= 0.3 is 0 Å². The minimum Gasteiger partial charge on any atom is -0.370 e. The zero-order valence-electron chi connectivity index (χ0n) is 10.3. The first-order chi connectivity index (χ1) is 7.10. The van der Waals surface area contributed by atoms with Crippen molar-refractivity contribution in [3.63, 3.8) is 0 Å². The highest BCUT2D eigenvalue weighted by Gasteiger charge is 2.65. The highest BCUT2D eigenvalue weighted by Crippen LogP contribution is 2.62. The fourth-order valence-corrected chi connectivity index (χ4v) is 2.12. The Bertz CT molecular complexity index is 309. The molecule has 1 fully saturated rings. The van der Waals surface area contributed by atoms with Crippen molar-refractivity contribution in [3.05, 3.63) is 0 Å². The van der Waals surface area contributed by atoms with Crippen molar-refractivity contribution in [1.82, 2.24) is 5.32 Å². The number of carbonyl (C=O) groups excluding carboxylic acids is 2. The Morgan fingerprint density at radius 2 is 1.69 bits per heavy atom. The minimum absolute atomic E-state index is 0.0646. The topological polar surface area (TPSA) is 98.2 Å². The number of hydrogen-bond acceptors (Lipinski definition) is 3. The van der Waals surface area contributed by atoms with E-state index in [0.717, 1.165) is 0 Å². The van der Waals surface area contributed by atoms with Gasteiger partial charge in [0, 0.05) is 6.04 Å². The molecule has 0 radical (unpaired) electrons. The van der Waals surface area contributed by atoms with Crippen LogP contribution in [0, 0.1) is 10.8 Å². The molecule has 0 aromatic rings. The summed E-state index contributed by atoms with van der Waals surface area (Å²) < 4.78 is 0. The van der Waals surface area contributed by atoms with Crippen LogP contribution in [0.4, 0.5) is 0 Å². The van der Waals surface area contributed by atoms with Gasteiger partial charge in [-0.05, 0) is 10.8 Å². The van der Waals surface area contributed by atoms with Crippen LogP contribution in [0.3, 0.4) is 0 Å².